The number of piperazine rings is 1. The van der Waals surface area contributed by atoms with Crippen LogP contribution in [0.25, 0.3) is 0 Å². The molecule has 0 atom stereocenters. The molecule has 1 N–H and O–H groups in total. The van der Waals surface area contributed by atoms with Crippen molar-refractivity contribution < 1.29 is 9.32 Å². The van der Waals surface area contributed by atoms with Crippen molar-refractivity contribution in [2.24, 2.45) is 0 Å². The molecule has 3 rings (SSSR count). The molecule has 0 spiro atoms. The number of aromatic nitrogens is 2. The van der Waals surface area contributed by atoms with E-state index in [1.54, 1.807) is 12.3 Å². The second-order valence-electron chi connectivity index (χ2n) is 6.50. The number of hydrogen-bond donors (Lipinski definition) is 1. The minimum absolute atomic E-state index is 0.0791. The molecule has 0 aromatic carbocycles. The second kappa shape index (κ2) is 7.65. The van der Waals surface area contributed by atoms with E-state index in [-0.39, 0.29) is 5.91 Å². The molecule has 0 aliphatic carbocycles. The van der Waals surface area contributed by atoms with E-state index in [0.717, 1.165) is 49.0 Å². The SMILES string of the molecule is Cc1noc(C)c1CCNC(=O)c1ccnc(N2CCN(C)CC2)c1. The third kappa shape index (κ3) is 4.17. The number of likely N-dealkylation sites (N-methyl/N-ethyl adjacent to an activating group) is 1. The maximum atomic E-state index is 12.4. The van der Waals surface area contributed by atoms with Crippen molar-refractivity contribution in [3.63, 3.8) is 0 Å². The van der Waals surface area contributed by atoms with Crippen LogP contribution < -0.4 is 10.2 Å². The summed E-state index contributed by atoms with van der Waals surface area (Å²) < 4.78 is 5.15. The van der Waals surface area contributed by atoms with Crippen LogP contribution in [0.15, 0.2) is 22.9 Å². The first kappa shape index (κ1) is 17.4. The monoisotopic (exact) mass is 343 g/mol. The van der Waals surface area contributed by atoms with Gasteiger partial charge in [0, 0.05) is 50.0 Å². The van der Waals surface area contributed by atoms with Crippen molar-refractivity contribution in [1.82, 2.24) is 20.4 Å². The highest BCUT2D eigenvalue weighted by molar-refractivity contribution is 5.94. The predicted molar refractivity (Wildman–Crippen MR) is 96.0 cm³/mol. The smallest absolute Gasteiger partial charge is 0.251 e. The van der Waals surface area contributed by atoms with E-state index in [1.807, 2.05) is 19.9 Å². The van der Waals surface area contributed by atoms with E-state index in [0.29, 0.717) is 18.5 Å². The lowest BCUT2D eigenvalue weighted by molar-refractivity contribution is 0.0954. The van der Waals surface area contributed by atoms with Gasteiger partial charge in [-0.25, -0.2) is 4.98 Å². The average molecular weight is 343 g/mol. The summed E-state index contributed by atoms with van der Waals surface area (Å²) in [5.74, 6) is 1.60. The highest BCUT2D eigenvalue weighted by atomic mass is 16.5. The number of carbonyl (C=O) groups is 1. The molecule has 7 heteroatoms. The highest BCUT2D eigenvalue weighted by Gasteiger charge is 2.17. The van der Waals surface area contributed by atoms with Gasteiger partial charge in [0.2, 0.25) is 0 Å². The van der Waals surface area contributed by atoms with E-state index >= 15 is 0 Å². The molecule has 1 aliphatic heterocycles. The zero-order chi connectivity index (χ0) is 17.8. The molecule has 3 heterocycles. The van der Waals surface area contributed by atoms with Crippen molar-refractivity contribution >= 4 is 11.7 Å². The first-order valence-corrected chi connectivity index (χ1v) is 8.64. The van der Waals surface area contributed by atoms with Gasteiger partial charge in [-0.15, -0.1) is 0 Å². The maximum absolute atomic E-state index is 12.4. The first-order valence-electron chi connectivity index (χ1n) is 8.64. The van der Waals surface area contributed by atoms with Crippen molar-refractivity contribution in [2.75, 3.05) is 44.7 Å². The van der Waals surface area contributed by atoms with Gasteiger partial charge in [0.1, 0.15) is 11.6 Å². The van der Waals surface area contributed by atoms with Gasteiger partial charge in [-0.1, -0.05) is 5.16 Å². The minimum Gasteiger partial charge on any atom is -0.361 e. The normalized spacial score (nSPS) is 15.4. The number of amides is 1. The fourth-order valence-electron chi connectivity index (χ4n) is 3.03. The van der Waals surface area contributed by atoms with Crippen molar-refractivity contribution in [2.45, 2.75) is 20.3 Å². The lowest BCUT2D eigenvalue weighted by Gasteiger charge is -2.33. The molecule has 0 saturated carbocycles. The number of carbonyl (C=O) groups excluding carboxylic acids is 1. The Kier molecular flexibility index (Phi) is 5.33. The van der Waals surface area contributed by atoms with E-state index in [1.165, 1.54) is 0 Å². The van der Waals surface area contributed by atoms with Crippen molar-refractivity contribution in [3.8, 4) is 0 Å². The molecule has 0 radical (unpaired) electrons. The van der Waals surface area contributed by atoms with Gasteiger partial charge in [0.25, 0.3) is 5.91 Å². The van der Waals surface area contributed by atoms with Crippen LogP contribution in [-0.4, -0.2) is 60.7 Å². The molecule has 1 amide bonds. The van der Waals surface area contributed by atoms with Gasteiger partial charge in [-0.05, 0) is 39.4 Å². The number of nitrogens with one attached hydrogen (secondary N) is 1. The summed E-state index contributed by atoms with van der Waals surface area (Å²) in [6, 6.07) is 3.63. The van der Waals surface area contributed by atoms with Crippen LogP contribution in [0.4, 0.5) is 5.82 Å². The standard InChI is InChI=1S/C18H25N5O2/c1-13-16(14(2)25-21-13)5-7-20-18(24)15-4-6-19-17(12-15)23-10-8-22(3)9-11-23/h4,6,12H,5,7-11H2,1-3H3,(H,20,24). The van der Waals surface area contributed by atoms with Gasteiger partial charge >= 0.3 is 0 Å². The van der Waals surface area contributed by atoms with Gasteiger partial charge in [0.15, 0.2) is 0 Å². The summed E-state index contributed by atoms with van der Waals surface area (Å²) in [6.07, 6.45) is 2.42. The summed E-state index contributed by atoms with van der Waals surface area (Å²) in [5.41, 5.74) is 2.59. The topological polar surface area (TPSA) is 74.5 Å². The summed E-state index contributed by atoms with van der Waals surface area (Å²) in [4.78, 5) is 21.4. The van der Waals surface area contributed by atoms with Crippen LogP contribution >= 0.6 is 0 Å². The van der Waals surface area contributed by atoms with Crippen LogP contribution in [0.3, 0.4) is 0 Å². The lowest BCUT2D eigenvalue weighted by atomic mass is 10.1. The molecule has 1 aliphatic rings. The Morgan fingerprint density at radius 2 is 2.04 bits per heavy atom. The van der Waals surface area contributed by atoms with Crippen LogP contribution in [0.1, 0.15) is 27.4 Å². The number of hydrogen-bond acceptors (Lipinski definition) is 6. The first-order chi connectivity index (χ1) is 12.0. The molecule has 2 aromatic heterocycles. The minimum atomic E-state index is -0.0791. The molecule has 2 aromatic rings. The molecule has 0 bridgehead atoms. The van der Waals surface area contributed by atoms with Crippen molar-refractivity contribution in [1.29, 1.82) is 0 Å². The van der Waals surface area contributed by atoms with Crippen LogP contribution in [0, 0.1) is 13.8 Å². The fraction of sp³-hybridized carbons (Fsp3) is 0.500. The Hall–Kier alpha value is -2.41. The molecule has 1 fully saturated rings. The zero-order valence-electron chi connectivity index (χ0n) is 15.1. The number of anilines is 1. The van der Waals surface area contributed by atoms with E-state index in [2.05, 4.69) is 32.3 Å². The Labute approximate surface area is 148 Å². The van der Waals surface area contributed by atoms with Crippen LogP contribution in [-0.2, 0) is 6.42 Å². The summed E-state index contributed by atoms with van der Waals surface area (Å²) >= 11 is 0. The Bertz CT molecular complexity index is 715. The third-order valence-corrected chi connectivity index (χ3v) is 4.68. The Balaban J connectivity index is 1.58. The van der Waals surface area contributed by atoms with Gasteiger partial charge in [-0.2, -0.15) is 0 Å². The molecular weight excluding hydrogens is 318 g/mol. The van der Waals surface area contributed by atoms with Crippen molar-refractivity contribution in [3.05, 3.63) is 40.9 Å². The van der Waals surface area contributed by atoms with E-state index < -0.39 is 0 Å². The number of nitrogens with zero attached hydrogens (tertiary/aromatic N) is 4. The summed E-state index contributed by atoms with van der Waals surface area (Å²) in [5, 5.41) is 6.90. The number of pyridine rings is 1. The Morgan fingerprint density at radius 3 is 2.72 bits per heavy atom. The fourth-order valence-corrected chi connectivity index (χ4v) is 3.03. The third-order valence-electron chi connectivity index (χ3n) is 4.68. The summed E-state index contributed by atoms with van der Waals surface area (Å²) in [6.45, 7) is 8.24. The summed E-state index contributed by atoms with van der Waals surface area (Å²) in [7, 11) is 2.12. The van der Waals surface area contributed by atoms with E-state index in [9.17, 15) is 4.79 Å². The molecule has 25 heavy (non-hydrogen) atoms. The highest BCUT2D eigenvalue weighted by Crippen LogP contribution is 2.15. The average Bonchev–Trinajstić information content (AvgIpc) is 2.94. The number of aryl methyl sites for hydroxylation is 2. The van der Waals surface area contributed by atoms with Crippen LogP contribution in [0.2, 0.25) is 0 Å². The number of rotatable bonds is 5. The van der Waals surface area contributed by atoms with Gasteiger partial charge < -0.3 is 19.6 Å². The Morgan fingerprint density at radius 1 is 1.28 bits per heavy atom. The second-order valence-corrected chi connectivity index (χ2v) is 6.50. The quantitative estimate of drug-likeness (QED) is 0.885. The lowest BCUT2D eigenvalue weighted by Crippen LogP contribution is -2.44. The molecule has 1 saturated heterocycles. The largest absolute Gasteiger partial charge is 0.361 e. The van der Waals surface area contributed by atoms with Gasteiger partial charge in [0.05, 0.1) is 5.69 Å². The van der Waals surface area contributed by atoms with Crippen LogP contribution in [0.5, 0.6) is 0 Å². The molecule has 7 nitrogen and oxygen atoms in total. The van der Waals surface area contributed by atoms with Gasteiger partial charge in [-0.3, -0.25) is 4.79 Å². The maximum Gasteiger partial charge on any atom is 0.251 e. The zero-order valence-corrected chi connectivity index (χ0v) is 15.1. The molecule has 134 valence electrons. The predicted octanol–water partition coefficient (Wildman–Crippen LogP) is 1.41. The molecule has 0 unspecified atom stereocenters. The molecular formula is C18H25N5O2. The van der Waals surface area contributed by atoms with E-state index in [4.69, 9.17) is 4.52 Å².